The van der Waals surface area contributed by atoms with Crippen molar-refractivity contribution in [3.63, 3.8) is 0 Å². The summed E-state index contributed by atoms with van der Waals surface area (Å²) in [5.41, 5.74) is 1.66. The Morgan fingerprint density at radius 3 is 2.47 bits per heavy atom. The number of aromatic nitrogens is 1. The van der Waals surface area contributed by atoms with E-state index in [0.29, 0.717) is 29.0 Å². The Kier molecular flexibility index (Phi) is 8.90. The Balaban J connectivity index is 0.00000320. The van der Waals surface area contributed by atoms with Crippen molar-refractivity contribution in [3.05, 3.63) is 81.1 Å². The molecule has 0 aliphatic carbocycles. The van der Waals surface area contributed by atoms with Gasteiger partial charge >= 0.3 is 0 Å². The molecule has 3 rings (SSSR count). The Hall–Kier alpha value is -2.34. The molecule has 0 spiro atoms. The Morgan fingerprint density at radius 2 is 1.80 bits per heavy atom. The third-order valence-corrected chi connectivity index (χ3v) is 5.33. The lowest BCUT2D eigenvalue weighted by Gasteiger charge is -2.18. The lowest BCUT2D eigenvalue weighted by atomic mass is 10.1. The van der Waals surface area contributed by atoms with Crippen molar-refractivity contribution in [2.24, 2.45) is 0 Å². The van der Waals surface area contributed by atoms with Crippen molar-refractivity contribution < 1.29 is 4.79 Å². The number of likely N-dealkylation sites (N-methyl/N-ethyl adjacent to an activating group) is 1. The second kappa shape index (κ2) is 11.2. The first-order valence-corrected chi connectivity index (χ1v) is 10.3. The molecule has 0 bridgehead atoms. The third kappa shape index (κ3) is 5.63. The molecule has 1 amide bonds. The smallest absolute Gasteiger partial charge is 0.256 e. The van der Waals surface area contributed by atoms with E-state index in [2.05, 4.69) is 24.1 Å². The zero-order valence-electron chi connectivity index (χ0n) is 17.2. The Morgan fingerprint density at radius 1 is 1.10 bits per heavy atom. The normalized spacial score (nSPS) is 10.8. The maximum atomic E-state index is 13.0. The highest BCUT2D eigenvalue weighted by atomic mass is 35.5. The second-order valence-corrected chi connectivity index (χ2v) is 7.37. The van der Waals surface area contributed by atoms with E-state index in [0.717, 1.165) is 25.2 Å². The first-order chi connectivity index (χ1) is 14.0. The number of halogens is 2. The number of nitrogens with one attached hydrogen (secondary N) is 1. The van der Waals surface area contributed by atoms with Crippen molar-refractivity contribution in [3.8, 4) is 0 Å². The number of amides is 1. The number of pyridine rings is 1. The van der Waals surface area contributed by atoms with Gasteiger partial charge in [0.1, 0.15) is 5.56 Å². The molecule has 2 aromatic carbocycles. The molecule has 5 nitrogen and oxygen atoms in total. The molecule has 7 heteroatoms. The Bertz CT molecular complexity index is 1050. The summed E-state index contributed by atoms with van der Waals surface area (Å²) in [6, 6.07) is 15.1. The average molecular weight is 448 g/mol. The van der Waals surface area contributed by atoms with Gasteiger partial charge in [-0.2, -0.15) is 0 Å². The van der Waals surface area contributed by atoms with Crippen LogP contribution in [0, 0.1) is 0 Å². The number of hydrogen-bond acceptors (Lipinski definition) is 3. The summed E-state index contributed by atoms with van der Waals surface area (Å²) in [6.07, 6.45) is 1.64. The highest BCUT2D eigenvalue weighted by Gasteiger charge is 2.16. The minimum Gasteiger partial charge on any atom is -0.351 e. The van der Waals surface area contributed by atoms with Crippen LogP contribution in [0.5, 0.6) is 0 Å². The van der Waals surface area contributed by atoms with Gasteiger partial charge in [-0.1, -0.05) is 55.8 Å². The van der Waals surface area contributed by atoms with E-state index in [9.17, 15) is 9.59 Å². The fourth-order valence-electron chi connectivity index (χ4n) is 3.40. The zero-order chi connectivity index (χ0) is 20.8. The standard InChI is InChI=1S/C23H26ClN3O2.ClH/c1-3-26(4-2)13-12-25-23(29)20-16-27(15-17-8-6-5-7-9-17)21-14-18(24)10-11-19(21)22(20)28;/h5-11,14,16H,3-4,12-13,15H2,1-2H3,(H,25,29);1H. The highest BCUT2D eigenvalue weighted by molar-refractivity contribution is 6.31. The van der Waals surface area contributed by atoms with Gasteiger partial charge < -0.3 is 14.8 Å². The van der Waals surface area contributed by atoms with Crippen LogP contribution in [0.3, 0.4) is 0 Å². The summed E-state index contributed by atoms with van der Waals surface area (Å²) in [7, 11) is 0. The molecular weight excluding hydrogens is 421 g/mol. The van der Waals surface area contributed by atoms with Gasteiger partial charge in [0.2, 0.25) is 5.43 Å². The molecule has 1 N–H and O–H groups in total. The van der Waals surface area contributed by atoms with Gasteiger partial charge in [0.15, 0.2) is 0 Å². The molecule has 30 heavy (non-hydrogen) atoms. The van der Waals surface area contributed by atoms with E-state index in [1.54, 1.807) is 24.4 Å². The summed E-state index contributed by atoms with van der Waals surface area (Å²) >= 11 is 6.17. The SMILES string of the molecule is CCN(CC)CCNC(=O)c1cn(Cc2ccccc2)c2cc(Cl)ccc2c1=O.Cl. The first-order valence-electron chi connectivity index (χ1n) is 9.90. The summed E-state index contributed by atoms with van der Waals surface area (Å²) in [5, 5.41) is 3.92. The molecule has 1 aromatic heterocycles. The molecule has 0 radical (unpaired) electrons. The van der Waals surface area contributed by atoms with Gasteiger partial charge in [0.25, 0.3) is 5.91 Å². The molecule has 0 saturated heterocycles. The minimum atomic E-state index is -0.346. The average Bonchev–Trinajstić information content (AvgIpc) is 2.73. The second-order valence-electron chi connectivity index (χ2n) is 6.93. The molecule has 0 aliphatic heterocycles. The van der Waals surface area contributed by atoms with Gasteiger partial charge in [0.05, 0.1) is 5.52 Å². The lowest BCUT2D eigenvalue weighted by Crippen LogP contribution is -2.36. The maximum Gasteiger partial charge on any atom is 0.256 e. The van der Waals surface area contributed by atoms with Crippen molar-refractivity contribution in [1.82, 2.24) is 14.8 Å². The first kappa shape index (κ1) is 23.9. The molecule has 1 heterocycles. The molecule has 3 aromatic rings. The number of fused-ring (bicyclic) bond motifs is 1. The van der Waals surface area contributed by atoms with E-state index in [1.807, 2.05) is 34.9 Å². The van der Waals surface area contributed by atoms with Crippen molar-refractivity contribution in [1.29, 1.82) is 0 Å². The largest absolute Gasteiger partial charge is 0.351 e. The van der Waals surface area contributed by atoms with Gasteiger partial charge in [-0.3, -0.25) is 9.59 Å². The number of hydrogen-bond donors (Lipinski definition) is 1. The van der Waals surface area contributed by atoms with Crippen LogP contribution in [0.25, 0.3) is 10.9 Å². The van der Waals surface area contributed by atoms with Crippen LogP contribution in [0.2, 0.25) is 5.02 Å². The van der Waals surface area contributed by atoms with Crippen LogP contribution in [0.4, 0.5) is 0 Å². The van der Waals surface area contributed by atoms with E-state index in [1.165, 1.54) is 0 Å². The number of carbonyl (C=O) groups is 1. The molecule has 0 saturated carbocycles. The van der Waals surface area contributed by atoms with Crippen molar-refractivity contribution in [2.45, 2.75) is 20.4 Å². The highest BCUT2D eigenvalue weighted by Crippen LogP contribution is 2.19. The predicted molar refractivity (Wildman–Crippen MR) is 126 cm³/mol. The summed E-state index contributed by atoms with van der Waals surface area (Å²) in [6.45, 7) is 7.80. The van der Waals surface area contributed by atoms with Crippen LogP contribution >= 0.6 is 24.0 Å². The number of nitrogens with zero attached hydrogens (tertiary/aromatic N) is 2. The monoisotopic (exact) mass is 447 g/mol. The summed E-state index contributed by atoms with van der Waals surface area (Å²) < 4.78 is 1.91. The fourth-order valence-corrected chi connectivity index (χ4v) is 3.57. The van der Waals surface area contributed by atoms with Crippen LogP contribution < -0.4 is 10.7 Å². The Labute approximate surface area is 188 Å². The van der Waals surface area contributed by atoms with Crippen LogP contribution in [0.15, 0.2) is 59.5 Å². The van der Waals surface area contributed by atoms with Gasteiger partial charge in [0, 0.05) is 36.2 Å². The van der Waals surface area contributed by atoms with Crippen LogP contribution in [-0.4, -0.2) is 41.6 Å². The minimum absolute atomic E-state index is 0. The lowest BCUT2D eigenvalue weighted by molar-refractivity contribution is 0.0947. The van der Waals surface area contributed by atoms with Gasteiger partial charge in [-0.15, -0.1) is 12.4 Å². The van der Waals surface area contributed by atoms with Crippen LogP contribution in [0.1, 0.15) is 29.8 Å². The molecule has 0 unspecified atom stereocenters. The number of benzene rings is 2. The van der Waals surface area contributed by atoms with Crippen LogP contribution in [-0.2, 0) is 6.54 Å². The van der Waals surface area contributed by atoms with E-state index < -0.39 is 0 Å². The topological polar surface area (TPSA) is 54.3 Å². The van der Waals surface area contributed by atoms with E-state index in [4.69, 9.17) is 11.6 Å². The fraction of sp³-hybridized carbons (Fsp3) is 0.304. The molecule has 160 valence electrons. The molecule has 0 aliphatic rings. The molecule has 0 atom stereocenters. The quantitative estimate of drug-likeness (QED) is 0.562. The maximum absolute atomic E-state index is 13.0. The number of rotatable bonds is 8. The molecular formula is C23H27Cl2N3O2. The molecule has 0 fully saturated rings. The van der Waals surface area contributed by atoms with E-state index >= 15 is 0 Å². The predicted octanol–water partition coefficient (Wildman–Crippen LogP) is 4.20. The van der Waals surface area contributed by atoms with Gasteiger partial charge in [-0.25, -0.2) is 0 Å². The van der Waals surface area contributed by atoms with Crippen molar-refractivity contribution in [2.75, 3.05) is 26.2 Å². The van der Waals surface area contributed by atoms with E-state index in [-0.39, 0.29) is 29.3 Å². The zero-order valence-corrected chi connectivity index (χ0v) is 18.8. The van der Waals surface area contributed by atoms with Crippen molar-refractivity contribution >= 4 is 40.8 Å². The summed E-state index contributed by atoms with van der Waals surface area (Å²) in [5.74, 6) is -0.346. The third-order valence-electron chi connectivity index (χ3n) is 5.09. The van der Waals surface area contributed by atoms with Gasteiger partial charge in [-0.05, 0) is 36.9 Å². The summed E-state index contributed by atoms with van der Waals surface area (Å²) in [4.78, 5) is 28.0. The number of carbonyl (C=O) groups excluding carboxylic acids is 1.